The van der Waals surface area contributed by atoms with Crippen molar-refractivity contribution in [1.82, 2.24) is 27.2 Å². The fourth-order valence-electron chi connectivity index (χ4n) is 3.95. The van der Waals surface area contributed by atoms with Gasteiger partial charge in [-0.05, 0) is 30.9 Å². The lowest BCUT2D eigenvalue weighted by molar-refractivity contribution is -0.140. The molecule has 0 atom stereocenters. The zero-order valence-electron chi connectivity index (χ0n) is 18.6. The molecule has 186 valence electrons. The quantitative estimate of drug-likeness (QED) is 0.355. The van der Waals surface area contributed by atoms with Crippen molar-refractivity contribution in [2.24, 2.45) is 16.5 Å². The molecule has 0 unspecified atom stereocenters. The Morgan fingerprint density at radius 1 is 1.15 bits per heavy atom. The number of benzene rings is 1. The van der Waals surface area contributed by atoms with Gasteiger partial charge in [-0.25, -0.2) is 24.4 Å². The molecular formula is C19H30F3N7O3S. The summed E-state index contributed by atoms with van der Waals surface area (Å²) in [7, 11) is -4.72. The average Bonchev–Trinajstić information content (AvgIpc) is 3.24. The zero-order valence-corrected chi connectivity index (χ0v) is 19.5. The number of alkyl halides is 3. The molecule has 2 saturated heterocycles. The number of nitrogens with zero attached hydrogens (tertiary/aromatic N) is 1. The summed E-state index contributed by atoms with van der Waals surface area (Å²) in [6.07, 6.45) is -4.54. The van der Waals surface area contributed by atoms with Gasteiger partial charge in [0.1, 0.15) is 11.1 Å². The van der Waals surface area contributed by atoms with Crippen LogP contribution < -0.4 is 37.3 Å². The maximum absolute atomic E-state index is 13.7. The summed E-state index contributed by atoms with van der Waals surface area (Å²) in [6.45, 7) is 6.95. The van der Waals surface area contributed by atoms with E-state index in [0.717, 1.165) is 6.07 Å². The van der Waals surface area contributed by atoms with E-state index in [9.17, 15) is 26.4 Å². The maximum Gasteiger partial charge on any atom is 0.417 e. The topological polar surface area (TPSA) is 141 Å². The smallest absolute Gasteiger partial charge is 0.371 e. The van der Waals surface area contributed by atoms with Gasteiger partial charge in [0, 0.05) is 36.3 Å². The first kappa shape index (κ1) is 25.6. The van der Waals surface area contributed by atoms with E-state index in [1.165, 1.54) is 6.07 Å². The first-order chi connectivity index (χ1) is 15.2. The standard InChI is InChI=1S/C19H30F3N7O3S/c1-18(2,3)17(30)24-10-11-6-8-29(9-7-11)13-5-4-12(19(20,21)22)15(33(23,31)32)14(13)16-25-27-28-26-16/h4-5,11,16,25-28H,6-10H2,1-3H3,(H,24,30)(H2,23,31,32). The van der Waals surface area contributed by atoms with E-state index in [2.05, 4.69) is 27.2 Å². The Bertz CT molecular complexity index is 982. The Balaban J connectivity index is 1.89. The molecule has 2 fully saturated rings. The number of halogens is 3. The maximum atomic E-state index is 13.7. The summed E-state index contributed by atoms with van der Waals surface area (Å²) in [5.41, 5.74) is 8.72. The van der Waals surface area contributed by atoms with Crippen LogP contribution in [0.4, 0.5) is 18.9 Å². The summed E-state index contributed by atoms with van der Waals surface area (Å²) in [5, 5.41) is 8.20. The van der Waals surface area contributed by atoms with Crippen molar-refractivity contribution in [1.29, 1.82) is 0 Å². The van der Waals surface area contributed by atoms with E-state index < -0.39 is 38.2 Å². The number of anilines is 1. The predicted octanol–water partition coefficient (Wildman–Crippen LogP) is 0.847. The lowest BCUT2D eigenvalue weighted by Crippen LogP contribution is -2.42. The second kappa shape index (κ2) is 9.35. The van der Waals surface area contributed by atoms with Gasteiger partial charge in [-0.3, -0.25) is 4.79 Å². The molecule has 2 aliphatic heterocycles. The summed E-state index contributed by atoms with van der Waals surface area (Å²) in [4.78, 5) is 13.0. The monoisotopic (exact) mass is 493 g/mol. The van der Waals surface area contributed by atoms with Crippen molar-refractivity contribution in [2.45, 2.75) is 50.9 Å². The molecule has 2 heterocycles. The van der Waals surface area contributed by atoms with E-state index >= 15 is 0 Å². The molecule has 14 heteroatoms. The fourth-order valence-corrected chi connectivity index (χ4v) is 4.97. The Morgan fingerprint density at radius 3 is 2.21 bits per heavy atom. The van der Waals surface area contributed by atoms with E-state index in [1.54, 1.807) is 0 Å². The van der Waals surface area contributed by atoms with Crippen LogP contribution in [0.25, 0.3) is 0 Å². The van der Waals surface area contributed by atoms with Gasteiger partial charge in [0.2, 0.25) is 15.9 Å². The number of primary sulfonamides is 1. The van der Waals surface area contributed by atoms with Gasteiger partial charge in [-0.15, -0.1) is 0 Å². The van der Waals surface area contributed by atoms with Crippen LogP contribution >= 0.6 is 0 Å². The average molecular weight is 494 g/mol. The third-order valence-electron chi connectivity index (χ3n) is 5.73. The van der Waals surface area contributed by atoms with E-state index in [4.69, 9.17) is 5.14 Å². The molecular weight excluding hydrogens is 463 g/mol. The Hall–Kier alpha value is -1.97. The van der Waals surface area contributed by atoms with Gasteiger partial charge < -0.3 is 10.2 Å². The second-order valence-corrected chi connectivity index (χ2v) is 10.8. The van der Waals surface area contributed by atoms with Gasteiger partial charge in [-0.2, -0.15) is 24.2 Å². The molecule has 1 aromatic rings. The number of hydrogen-bond donors (Lipinski definition) is 6. The number of carbonyl (C=O) groups is 1. The minimum Gasteiger partial charge on any atom is -0.371 e. The number of rotatable bonds is 5. The molecule has 3 rings (SSSR count). The number of sulfonamides is 1. The summed E-state index contributed by atoms with van der Waals surface area (Å²) in [5.74, 6) is 0.153. The van der Waals surface area contributed by atoms with Gasteiger partial charge >= 0.3 is 6.18 Å². The molecule has 10 nitrogen and oxygen atoms in total. The highest BCUT2D eigenvalue weighted by molar-refractivity contribution is 7.89. The van der Waals surface area contributed by atoms with Crippen LogP contribution in [0.5, 0.6) is 0 Å². The highest BCUT2D eigenvalue weighted by Crippen LogP contribution is 2.41. The molecule has 0 aromatic heterocycles. The zero-order chi connectivity index (χ0) is 24.6. The lowest BCUT2D eigenvalue weighted by atomic mass is 9.93. The molecule has 7 N–H and O–H groups in total. The minimum absolute atomic E-state index is 0.0499. The van der Waals surface area contributed by atoms with Crippen molar-refractivity contribution in [3.8, 4) is 0 Å². The number of piperidine rings is 1. The van der Waals surface area contributed by atoms with Crippen LogP contribution in [0, 0.1) is 11.3 Å². The van der Waals surface area contributed by atoms with Gasteiger partial charge in [0.05, 0.1) is 5.56 Å². The molecule has 1 amide bonds. The molecule has 0 spiro atoms. The fraction of sp³-hybridized carbons (Fsp3) is 0.632. The van der Waals surface area contributed by atoms with Crippen LogP contribution in [-0.2, 0) is 21.0 Å². The van der Waals surface area contributed by atoms with Crippen molar-refractivity contribution in [2.75, 3.05) is 24.5 Å². The molecule has 0 radical (unpaired) electrons. The number of nitrogens with one attached hydrogen (secondary N) is 5. The number of hydrazine groups is 3. The Kier molecular flexibility index (Phi) is 7.27. The highest BCUT2D eigenvalue weighted by atomic mass is 32.2. The van der Waals surface area contributed by atoms with Crippen LogP contribution in [0.3, 0.4) is 0 Å². The molecule has 0 saturated carbocycles. The van der Waals surface area contributed by atoms with E-state index in [1.807, 2.05) is 25.7 Å². The number of nitrogens with two attached hydrogens (primary N) is 1. The molecule has 1 aromatic carbocycles. The third kappa shape index (κ3) is 5.94. The largest absolute Gasteiger partial charge is 0.417 e. The number of amides is 1. The normalized spacial score (nSPS) is 19.2. The Morgan fingerprint density at radius 2 is 1.73 bits per heavy atom. The molecule has 0 bridgehead atoms. The first-order valence-electron chi connectivity index (χ1n) is 10.5. The van der Waals surface area contributed by atoms with Gasteiger partial charge in [-0.1, -0.05) is 20.8 Å². The van der Waals surface area contributed by atoms with Crippen LogP contribution in [-0.4, -0.2) is 34.0 Å². The van der Waals surface area contributed by atoms with Gasteiger partial charge in [0.15, 0.2) is 0 Å². The number of hydrogen-bond acceptors (Lipinski definition) is 8. The number of carbonyl (C=O) groups excluding carboxylic acids is 1. The van der Waals surface area contributed by atoms with Crippen LogP contribution in [0.1, 0.15) is 50.9 Å². The summed E-state index contributed by atoms with van der Waals surface area (Å²) >= 11 is 0. The Labute approximate surface area is 190 Å². The van der Waals surface area contributed by atoms with E-state index in [-0.39, 0.29) is 17.4 Å². The van der Waals surface area contributed by atoms with Crippen LogP contribution in [0.2, 0.25) is 0 Å². The predicted molar refractivity (Wildman–Crippen MR) is 116 cm³/mol. The SMILES string of the molecule is CC(C)(C)C(=O)NCC1CCN(c2ccc(C(F)(F)F)c(S(N)(=O)=O)c2C2NNNN2)CC1. The van der Waals surface area contributed by atoms with Crippen molar-refractivity contribution < 1.29 is 26.4 Å². The highest BCUT2D eigenvalue weighted by Gasteiger charge is 2.41. The lowest BCUT2D eigenvalue weighted by Gasteiger charge is -2.36. The summed E-state index contributed by atoms with van der Waals surface area (Å²) < 4.78 is 65.6. The van der Waals surface area contributed by atoms with Crippen molar-refractivity contribution in [3.63, 3.8) is 0 Å². The van der Waals surface area contributed by atoms with Crippen molar-refractivity contribution >= 4 is 21.6 Å². The summed E-state index contributed by atoms with van der Waals surface area (Å²) in [6, 6.07) is 2.03. The van der Waals surface area contributed by atoms with E-state index in [0.29, 0.717) is 38.2 Å². The molecule has 2 aliphatic rings. The van der Waals surface area contributed by atoms with Gasteiger partial charge in [0.25, 0.3) is 0 Å². The minimum atomic E-state index is -4.91. The molecule has 0 aliphatic carbocycles. The van der Waals surface area contributed by atoms with Crippen LogP contribution in [0.15, 0.2) is 17.0 Å². The van der Waals surface area contributed by atoms with Crippen molar-refractivity contribution in [3.05, 3.63) is 23.3 Å². The second-order valence-electron chi connectivity index (χ2n) is 9.28. The first-order valence-corrected chi connectivity index (χ1v) is 12.1. The molecule has 33 heavy (non-hydrogen) atoms. The third-order valence-corrected chi connectivity index (χ3v) is 6.74.